The van der Waals surface area contributed by atoms with Crippen molar-refractivity contribution in [2.24, 2.45) is 0 Å². The summed E-state index contributed by atoms with van der Waals surface area (Å²) >= 11 is 1.15. The Bertz CT molecular complexity index is 1070. The molecule has 29 heavy (non-hydrogen) atoms. The molecule has 2 aromatic carbocycles. The Labute approximate surface area is 174 Å². The van der Waals surface area contributed by atoms with Gasteiger partial charge in [0.25, 0.3) is 5.56 Å². The minimum atomic E-state index is -0.284. The fourth-order valence-electron chi connectivity index (χ4n) is 3.11. The molecule has 0 aliphatic heterocycles. The van der Waals surface area contributed by atoms with Crippen molar-refractivity contribution in [3.63, 3.8) is 0 Å². The molecular weight excluding hydrogens is 384 g/mol. The summed E-state index contributed by atoms with van der Waals surface area (Å²) in [6, 6.07) is 12.0. The lowest BCUT2D eigenvalue weighted by Crippen LogP contribution is -2.19. The van der Waals surface area contributed by atoms with Crippen molar-refractivity contribution in [2.75, 3.05) is 11.1 Å². The van der Waals surface area contributed by atoms with Gasteiger partial charge in [-0.05, 0) is 44.4 Å². The van der Waals surface area contributed by atoms with E-state index in [1.807, 2.05) is 64.1 Å². The van der Waals surface area contributed by atoms with Crippen LogP contribution in [0.15, 0.2) is 46.3 Å². The number of nitrogens with one attached hydrogen (secondary N) is 2. The van der Waals surface area contributed by atoms with Crippen LogP contribution < -0.4 is 10.9 Å². The minimum absolute atomic E-state index is 0.134. The summed E-state index contributed by atoms with van der Waals surface area (Å²) in [4.78, 5) is 27.3. The Kier molecular flexibility index (Phi) is 6.49. The van der Waals surface area contributed by atoms with Crippen molar-refractivity contribution in [3.05, 3.63) is 80.3 Å². The number of hydrogen-bond acceptors (Lipinski definition) is 5. The average molecular weight is 409 g/mol. The zero-order valence-electron chi connectivity index (χ0n) is 17.0. The molecule has 2 N–H and O–H groups in total. The van der Waals surface area contributed by atoms with Gasteiger partial charge in [-0.25, -0.2) is 0 Å². The maximum absolute atomic E-state index is 12.3. The van der Waals surface area contributed by atoms with Gasteiger partial charge >= 0.3 is 0 Å². The number of amides is 1. The van der Waals surface area contributed by atoms with E-state index in [1.165, 1.54) is 0 Å². The number of aromatic amines is 1. The summed E-state index contributed by atoms with van der Waals surface area (Å²) in [5.41, 5.74) is 6.26. The van der Waals surface area contributed by atoms with Crippen LogP contribution in [0.25, 0.3) is 0 Å². The molecule has 150 valence electrons. The van der Waals surface area contributed by atoms with Crippen molar-refractivity contribution >= 4 is 23.4 Å². The number of nitrogens with zero attached hydrogens (tertiary/aromatic N) is 2. The number of aryl methyl sites for hydroxylation is 4. The van der Waals surface area contributed by atoms with Gasteiger partial charge in [-0.3, -0.25) is 14.6 Å². The fourth-order valence-corrected chi connectivity index (χ4v) is 3.72. The highest BCUT2D eigenvalue weighted by molar-refractivity contribution is 7.99. The topological polar surface area (TPSA) is 87.7 Å². The molecule has 6 nitrogen and oxygen atoms in total. The smallest absolute Gasteiger partial charge is 0.273 e. The molecule has 0 saturated heterocycles. The first-order valence-corrected chi connectivity index (χ1v) is 10.3. The van der Waals surface area contributed by atoms with Crippen molar-refractivity contribution in [2.45, 2.75) is 39.3 Å². The highest BCUT2D eigenvalue weighted by Crippen LogP contribution is 2.22. The van der Waals surface area contributed by atoms with Crippen molar-refractivity contribution in [1.29, 1.82) is 0 Å². The SMILES string of the molecule is Cc1ccc(Cc2nnc(SCC(=O)Nc3c(C)cc(C)cc3C)[nH]c2=O)cc1. The van der Waals surface area contributed by atoms with Gasteiger partial charge in [0, 0.05) is 12.1 Å². The first-order valence-electron chi connectivity index (χ1n) is 9.33. The van der Waals surface area contributed by atoms with Gasteiger partial charge in [0.15, 0.2) is 5.16 Å². The molecular formula is C22H24N4O2S. The molecule has 0 aliphatic rings. The second-order valence-corrected chi connectivity index (χ2v) is 8.14. The largest absolute Gasteiger partial charge is 0.325 e. The Morgan fingerprint density at radius 3 is 2.28 bits per heavy atom. The summed E-state index contributed by atoms with van der Waals surface area (Å²) in [6.45, 7) is 7.98. The van der Waals surface area contributed by atoms with Crippen molar-refractivity contribution in [3.8, 4) is 0 Å². The number of anilines is 1. The molecule has 3 rings (SSSR count). The normalized spacial score (nSPS) is 10.8. The van der Waals surface area contributed by atoms with E-state index in [9.17, 15) is 9.59 Å². The monoisotopic (exact) mass is 408 g/mol. The summed E-state index contributed by atoms with van der Waals surface area (Å²) in [5, 5.41) is 11.4. The lowest BCUT2D eigenvalue weighted by atomic mass is 10.1. The van der Waals surface area contributed by atoms with Crippen LogP contribution in [0.4, 0.5) is 5.69 Å². The van der Waals surface area contributed by atoms with Crippen LogP contribution in [0.2, 0.25) is 0 Å². The van der Waals surface area contributed by atoms with E-state index in [4.69, 9.17) is 0 Å². The van der Waals surface area contributed by atoms with Crippen molar-refractivity contribution in [1.82, 2.24) is 15.2 Å². The van der Waals surface area contributed by atoms with Gasteiger partial charge in [-0.15, -0.1) is 10.2 Å². The quantitative estimate of drug-likeness (QED) is 0.607. The highest BCUT2D eigenvalue weighted by Gasteiger charge is 2.11. The van der Waals surface area contributed by atoms with E-state index in [-0.39, 0.29) is 17.2 Å². The maximum Gasteiger partial charge on any atom is 0.273 e. The third kappa shape index (κ3) is 5.54. The summed E-state index contributed by atoms with van der Waals surface area (Å²) < 4.78 is 0. The number of carbonyl (C=O) groups excluding carboxylic acids is 1. The predicted octanol–water partition coefficient (Wildman–Crippen LogP) is 3.72. The molecule has 0 unspecified atom stereocenters. The Hall–Kier alpha value is -2.93. The first-order chi connectivity index (χ1) is 13.8. The van der Waals surface area contributed by atoms with Crippen LogP contribution in [-0.2, 0) is 11.2 Å². The zero-order valence-corrected chi connectivity index (χ0v) is 17.8. The lowest BCUT2D eigenvalue weighted by Gasteiger charge is -2.12. The molecule has 1 heterocycles. The van der Waals surface area contributed by atoms with E-state index >= 15 is 0 Å². The number of benzene rings is 2. The number of carbonyl (C=O) groups is 1. The van der Waals surface area contributed by atoms with Gasteiger partial charge < -0.3 is 5.32 Å². The molecule has 3 aromatic rings. The van der Waals surface area contributed by atoms with Gasteiger partial charge in [0.1, 0.15) is 5.69 Å². The predicted molar refractivity (Wildman–Crippen MR) is 117 cm³/mol. The first kappa shape index (κ1) is 20.8. The molecule has 0 saturated carbocycles. The Morgan fingerprint density at radius 2 is 1.66 bits per heavy atom. The summed E-state index contributed by atoms with van der Waals surface area (Å²) in [6.07, 6.45) is 0.417. The molecule has 0 radical (unpaired) electrons. The van der Waals surface area contributed by atoms with E-state index in [0.29, 0.717) is 17.3 Å². The van der Waals surface area contributed by atoms with E-state index in [0.717, 1.165) is 45.3 Å². The molecule has 0 atom stereocenters. The van der Waals surface area contributed by atoms with Crippen LogP contribution in [0.5, 0.6) is 0 Å². The zero-order chi connectivity index (χ0) is 21.0. The fraction of sp³-hybridized carbons (Fsp3) is 0.273. The number of aromatic nitrogens is 3. The van der Waals surface area contributed by atoms with E-state index in [1.54, 1.807) is 0 Å². The Balaban J connectivity index is 1.61. The molecule has 0 aliphatic carbocycles. The molecule has 7 heteroatoms. The lowest BCUT2D eigenvalue weighted by molar-refractivity contribution is -0.113. The molecule has 0 spiro atoms. The second-order valence-electron chi connectivity index (χ2n) is 7.18. The highest BCUT2D eigenvalue weighted by atomic mass is 32.2. The van der Waals surface area contributed by atoms with Crippen molar-refractivity contribution < 1.29 is 4.79 Å². The third-order valence-electron chi connectivity index (χ3n) is 4.52. The Morgan fingerprint density at radius 1 is 1.00 bits per heavy atom. The molecule has 0 fully saturated rings. The maximum atomic E-state index is 12.3. The van der Waals surface area contributed by atoms with Crippen LogP contribution in [0.1, 0.15) is 33.5 Å². The number of H-pyrrole nitrogens is 1. The van der Waals surface area contributed by atoms with E-state index in [2.05, 4.69) is 20.5 Å². The minimum Gasteiger partial charge on any atom is -0.325 e. The van der Waals surface area contributed by atoms with Crippen LogP contribution in [0.3, 0.4) is 0 Å². The second kappa shape index (κ2) is 9.05. The standard InChI is InChI=1S/C22H24N4O2S/c1-13-5-7-17(8-6-13)11-18-21(28)24-22(26-25-18)29-12-19(27)23-20-15(3)9-14(2)10-16(20)4/h5-10H,11-12H2,1-4H3,(H,23,27)(H,24,26,28). The van der Waals surface area contributed by atoms with E-state index < -0.39 is 0 Å². The third-order valence-corrected chi connectivity index (χ3v) is 5.38. The van der Waals surface area contributed by atoms with Crippen LogP contribution in [0, 0.1) is 27.7 Å². The van der Waals surface area contributed by atoms with Gasteiger partial charge in [-0.1, -0.05) is 59.3 Å². The van der Waals surface area contributed by atoms with Gasteiger partial charge in [-0.2, -0.15) is 0 Å². The van der Waals surface area contributed by atoms with Gasteiger partial charge in [0.2, 0.25) is 5.91 Å². The molecule has 0 bridgehead atoms. The molecule has 1 aromatic heterocycles. The van der Waals surface area contributed by atoms with Crippen LogP contribution in [-0.4, -0.2) is 26.8 Å². The number of hydrogen-bond donors (Lipinski definition) is 2. The molecule has 1 amide bonds. The average Bonchev–Trinajstić information content (AvgIpc) is 2.66. The van der Waals surface area contributed by atoms with Gasteiger partial charge in [0.05, 0.1) is 5.75 Å². The summed E-state index contributed by atoms with van der Waals surface area (Å²) in [5.74, 6) is -0.0225. The number of rotatable bonds is 6. The summed E-state index contributed by atoms with van der Waals surface area (Å²) in [7, 11) is 0. The van der Waals surface area contributed by atoms with Crippen LogP contribution >= 0.6 is 11.8 Å². The number of thioether (sulfide) groups is 1.